The summed E-state index contributed by atoms with van der Waals surface area (Å²) in [6.45, 7) is 11.8. The molecule has 0 saturated heterocycles. The van der Waals surface area contributed by atoms with Crippen LogP contribution in [0.2, 0.25) is 0 Å². The lowest BCUT2D eigenvalue weighted by Gasteiger charge is -2.21. The van der Waals surface area contributed by atoms with Gasteiger partial charge >= 0.3 is 0 Å². The van der Waals surface area contributed by atoms with Gasteiger partial charge in [-0.05, 0) is 24.0 Å². The van der Waals surface area contributed by atoms with E-state index in [9.17, 15) is 8.78 Å². The molecule has 1 aromatic rings. The van der Waals surface area contributed by atoms with E-state index in [2.05, 4.69) is 11.9 Å². The molecule has 1 rings (SSSR count). The number of anilines is 1. The van der Waals surface area contributed by atoms with Gasteiger partial charge in [0.05, 0.1) is 5.69 Å². The molecule has 0 bridgehead atoms. The molecule has 0 heterocycles. The Morgan fingerprint density at radius 1 is 1.29 bits per heavy atom. The Morgan fingerprint density at radius 3 is 2.35 bits per heavy atom. The van der Waals surface area contributed by atoms with Crippen LogP contribution in [-0.4, -0.2) is 6.54 Å². The van der Waals surface area contributed by atoms with Crippen LogP contribution in [-0.2, 0) is 0 Å². The van der Waals surface area contributed by atoms with Crippen LogP contribution < -0.4 is 5.32 Å². The highest BCUT2D eigenvalue weighted by molar-refractivity contribution is 5.67. The second-order valence-corrected chi connectivity index (χ2v) is 5.40. The van der Waals surface area contributed by atoms with Gasteiger partial charge in [0.15, 0.2) is 11.6 Å². The molecule has 0 unspecified atom stereocenters. The SMILES string of the molecule is C=Cc1cc(C)c(F)c(F)c1NCC(C)(C)C. The van der Waals surface area contributed by atoms with E-state index in [0.29, 0.717) is 17.7 Å². The molecular formula is C14H19F2N. The lowest BCUT2D eigenvalue weighted by atomic mass is 9.96. The molecule has 0 radical (unpaired) electrons. The highest BCUT2D eigenvalue weighted by Gasteiger charge is 2.17. The van der Waals surface area contributed by atoms with Crippen LogP contribution in [0, 0.1) is 24.0 Å². The van der Waals surface area contributed by atoms with Crippen LogP contribution in [0.5, 0.6) is 0 Å². The molecule has 0 aromatic heterocycles. The van der Waals surface area contributed by atoms with Crippen molar-refractivity contribution >= 4 is 11.8 Å². The van der Waals surface area contributed by atoms with Crippen LogP contribution >= 0.6 is 0 Å². The standard InChI is InChI=1S/C14H19F2N/c1-6-10-7-9(2)11(15)12(16)13(10)17-8-14(3,4)5/h6-7,17H,1,8H2,2-5H3. The van der Waals surface area contributed by atoms with Crippen molar-refractivity contribution in [3.63, 3.8) is 0 Å². The molecule has 0 aliphatic carbocycles. The zero-order valence-corrected chi connectivity index (χ0v) is 10.8. The van der Waals surface area contributed by atoms with Crippen LogP contribution in [0.3, 0.4) is 0 Å². The molecule has 0 aliphatic rings. The lowest BCUT2D eigenvalue weighted by Crippen LogP contribution is -2.20. The van der Waals surface area contributed by atoms with E-state index >= 15 is 0 Å². The molecule has 0 spiro atoms. The van der Waals surface area contributed by atoms with Crippen molar-refractivity contribution in [2.45, 2.75) is 27.7 Å². The van der Waals surface area contributed by atoms with Crippen molar-refractivity contribution in [3.8, 4) is 0 Å². The molecular weight excluding hydrogens is 220 g/mol. The number of nitrogens with one attached hydrogen (secondary N) is 1. The van der Waals surface area contributed by atoms with Gasteiger partial charge in [-0.3, -0.25) is 0 Å². The first kappa shape index (κ1) is 13.7. The van der Waals surface area contributed by atoms with Crippen LogP contribution in [0.25, 0.3) is 6.08 Å². The molecule has 1 aromatic carbocycles. The molecule has 1 nitrogen and oxygen atoms in total. The van der Waals surface area contributed by atoms with Crippen LogP contribution in [0.4, 0.5) is 14.5 Å². The van der Waals surface area contributed by atoms with Crippen molar-refractivity contribution in [1.82, 2.24) is 0 Å². The van der Waals surface area contributed by atoms with E-state index in [1.165, 1.54) is 6.08 Å². The van der Waals surface area contributed by atoms with Crippen molar-refractivity contribution < 1.29 is 8.78 Å². The number of benzene rings is 1. The fourth-order valence-corrected chi connectivity index (χ4v) is 1.47. The summed E-state index contributed by atoms with van der Waals surface area (Å²) in [6, 6.07) is 1.59. The minimum atomic E-state index is -0.829. The Bertz CT molecular complexity index is 431. The maximum Gasteiger partial charge on any atom is 0.182 e. The average molecular weight is 239 g/mol. The van der Waals surface area contributed by atoms with Gasteiger partial charge in [0, 0.05) is 12.1 Å². The van der Waals surface area contributed by atoms with Crippen LogP contribution in [0.15, 0.2) is 12.6 Å². The third kappa shape index (κ3) is 3.29. The number of rotatable bonds is 3. The van der Waals surface area contributed by atoms with Crippen molar-refractivity contribution in [1.29, 1.82) is 0 Å². The summed E-state index contributed by atoms with van der Waals surface area (Å²) in [5, 5.41) is 2.95. The van der Waals surface area contributed by atoms with Gasteiger partial charge in [0.25, 0.3) is 0 Å². The number of hydrogen-bond acceptors (Lipinski definition) is 1. The molecule has 17 heavy (non-hydrogen) atoms. The van der Waals surface area contributed by atoms with E-state index in [1.54, 1.807) is 13.0 Å². The number of halogens is 2. The monoisotopic (exact) mass is 239 g/mol. The Hall–Kier alpha value is -1.38. The second kappa shape index (κ2) is 4.86. The molecule has 0 amide bonds. The van der Waals surface area contributed by atoms with Gasteiger partial charge in [0.1, 0.15) is 0 Å². The summed E-state index contributed by atoms with van der Waals surface area (Å²) in [5.41, 5.74) is 1.06. The Balaban J connectivity index is 3.13. The molecule has 0 aliphatic heterocycles. The maximum atomic E-state index is 13.8. The zero-order chi connectivity index (χ0) is 13.2. The largest absolute Gasteiger partial charge is 0.382 e. The molecule has 1 N–H and O–H groups in total. The summed E-state index contributed by atoms with van der Waals surface area (Å²) >= 11 is 0. The van der Waals surface area contributed by atoms with Gasteiger partial charge in [0.2, 0.25) is 0 Å². The van der Waals surface area contributed by atoms with E-state index in [-0.39, 0.29) is 11.1 Å². The Labute approximate surface area is 102 Å². The van der Waals surface area contributed by atoms with Gasteiger partial charge in [-0.2, -0.15) is 0 Å². The average Bonchev–Trinajstić information content (AvgIpc) is 2.22. The lowest BCUT2D eigenvalue weighted by molar-refractivity contribution is 0.440. The van der Waals surface area contributed by atoms with Crippen molar-refractivity contribution in [2.75, 3.05) is 11.9 Å². The van der Waals surface area contributed by atoms with Gasteiger partial charge in [-0.15, -0.1) is 0 Å². The highest BCUT2D eigenvalue weighted by Crippen LogP contribution is 2.27. The fourth-order valence-electron chi connectivity index (χ4n) is 1.47. The Morgan fingerprint density at radius 2 is 1.88 bits per heavy atom. The zero-order valence-electron chi connectivity index (χ0n) is 10.8. The second-order valence-electron chi connectivity index (χ2n) is 5.40. The third-order valence-electron chi connectivity index (χ3n) is 2.43. The highest BCUT2D eigenvalue weighted by atomic mass is 19.2. The van der Waals surface area contributed by atoms with Crippen molar-refractivity contribution in [2.24, 2.45) is 5.41 Å². The summed E-state index contributed by atoms with van der Waals surface area (Å²) in [4.78, 5) is 0. The van der Waals surface area contributed by atoms with Gasteiger partial charge in [-0.1, -0.05) is 33.4 Å². The number of hydrogen-bond donors (Lipinski definition) is 1. The molecule has 94 valence electrons. The first-order valence-electron chi connectivity index (χ1n) is 5.61. The normalized spacial score (nSPS) is 11.4. The Kier molecular flexibility index (Phi) is 3.91. The molecule has 0 atom stereocenters. The smallest absolute Gasteiger partial charge is 0.182 e. The molecule has 3 heteroatoms. The predicted molar refractivity (Wildman–Crippen MR) is 69.1 cm³/mol. The topological polar surface area (TPSA) is 12.0 Å². The van der Waals surface area contributed by atoms with Gasteiger partial charge in [-0.25, -0.2) is 8.78 Å². The predicted octanol–water partition coefficient (Wildman–Crippen LogP) is 4.37. The summed E-state index contributed by atoms with van der Waals surface area (Å²) in [7, 11) is 0. The van der Waals surface area contributed by atoms with E-state index in [4.69, 9.17) is 0 Å². The van der Waals surface area contributed by atoms with E-state index < -0.39 is 11.6 Å². The molecule has 0 fully saturated rings. The fraction of sp³-hybridized carbons (Fsp3) is 0.429. The first-order chi connectivity index (χ1) is 7.76. The van der Waals surface area contributed by atoms with Crippen LogP contribution in [0.1, 0.15) is 31.9 Å². The van der Waals surface area contributed by atoms with E-state index in [0.717, 1.165) is 0 Å². The molecule has 0 saturated carbocycles. The van der Waals surface area contributed by atoms with Crippen molar-refractivity contribution in [3.05, 3.63) is 35.4 Å². The summed E-state index contributed by atoms with van der Waals surface area (Å²) in [5.74, 6) is -1.63. The van der Waals surface area contributed by atoms with E-state index in [1.807, 2.05) is 20.8 Å². The summed E-state index contributed by atoms with van der Waals surface area (Å²) < 4.78 is 27.3. The maximum absolute atomic E-state index is 13.8. The minimum absolute atomic E-state index is 0.00770. The quantitative estimate of drug-likeness (QED) is 0.825. The first-order valence-corrected chi connectivity index (χ1v) is 5.61. The number of aryl methyl sites for hydroxylation is 1. The van der Waals surface area contributed by atoms with Gasteiger partial charge < -0.3 is 5.32 Å². The minimum Gasteiger partial charge on any atom is -0.382 e. The third-order valence-corrected chi connectivity index (χ3v) is 2.43. The summed E-state index contributed by atoms with van der Waals surface area (Å²) in [6.07, 6.45) is 1.53.